The van der Waals surface area contributed by atoms with Crippen molar-refractivity contribution in [3.05, 3.63) is 81.0 Å². The van der Waals surface area contributed by atoms with Crippen molar-refractivity contribution in [1.29, 1.82) is 0 Å². The van der Waals surface area contributed by atoms with Crippen LogP contribution in [0.2, 0.25) is 5.02 Å². The summed E-state index contributed by atoms with van der Waals surface area (Å²) in [6, 6.07) is 16.2. The van der Waals surface area contributed by atoms with E-state index in [1.807, 2.05) is 36.4 Å². The van der Waals surface area contributed by atoms with Gasteiger partial charge in [0.25, 0.3) is 0 Å². The highest BCUT2D eigenvalue weighted by atomic mass is 79.9. The molecule has 0 heterocycles. The minimum absolute atomic E-state index is 0.103. The maximum Gasteiger partial charge on any atom is 0.142 e. The molecule has 1 unspecified atom stereocenters. The third kappa shape index (κ3) is 2.69. The molecular weight excluding hydrogens is 353 g/mol. The first-order valence-electron chi connectivity index (χ1n) is 6.45. The summed E-state index contributed by atoms with van der Waals surface area (Å²) in [5.41, 5.74) is 7.98. The average Bonchev–Trinajstić information content (AvgIpc) is 2.50. The van der Waals surface area contributed by atoms with Gasteiger partial charge in [0.1, 0.15) is 5.82 Å². The molecular formula is C17H12BrClFN. The summed E-state index contributed by atoms with van der Waals surface area (Å²) in [6.45, 7) is 0. The lowest BCUT2D eigenvalue weighted by molar-refractivity contribution is 0.624. The van der Waals surface area contributed by atoms with Gasteiger partial charge >= 0.3 is 0 Å². The van der Waals surface area contributed by atoms with E-state index in [-0.39, 0.29) is 5.02 Å². The second-order valence-electron chi connectivity index (χ2n) is 4.83. The maximum absolute atomic E-state index is 13.6. The van der Waals surface area contributed by atoms with Crippen LogP contribution in [0.1, 0.15) is 17.2 Å². The van der Waals surface area contributed by atoms with E-state index in [4.69, 9.17) is 17.3 Å². The van der Waals surface area contributed by atoms with Crippen LogP contribution in [0.4, 0.5) is 4.39 Å². The van der Waals surface area contributed by atoms with Crippen LogP contribution >= 0.6 is 27.5 Å². The van der Waals surface area contributed by atoms with Crippen LogP contribution < -0.4 is 5.73 Å². The number of fused-ring (bicyclic) bond motifs is 1. The molecule has 1 nitrogen and oxygen atoms in total. The smallest absolute Gasteiger partial charge is 0.142 e. The number of rotatable bonds is 2. The summed E-state index contributed by atoms with van der Waals surface area (Å²) >= 11 is 9.26. The zero-order valence-corrected chi connectivity index (χ0v) is 13.3. The van der Waals surface area contributed by atoms with Gasteiger partial charge in [0.05, 0.1) is 11.1 Å². The van der Waals surface area contributed by atoms with Gasteiger partial charge in [-0.1, -0.05) is 63.9 Å². The minimum atomic E-state index is -0.453. The third-order valence-corrected chi connectivity index (χ3v) is 4.54. The van der Waals surface area contributed by atoms with Crippen LogP contribution in [0.15, 0.2) is 59.1 Å². The van der Waals surface area contributed by atoms with E-state index in [0.29, 0.717) is 5.56 Å². The lowest BCUT2D eigenvalue weighted by atomic mass is 9.94. The third-order valence-electron chi connectivity index (χ3n) is 3.54. The molecule has 106 valence electrons. The second kappa shape index (κ2) is 5.76. The molecule has 0 aliphatic carbocycles. The molecule has 3 rings (SSSR count). The Balaban J connectivity index is 2.15. The fourth-order valence-corrected chi connectivity index (χ4v) is 3.04. The van der Waals surface area contributed by atoms with Crippen LogP contribution in [0.25, 0.3) is 10.8 Å². The van der Waals surface area contributed by atoms with E-state index >= 15 is 0 Å². The van der Waals surface area contributed by atoms with Gasteiger partial charge in [0.15, 0.2) is 0 Å². The van der Waals surface area contributed by atoms with Crippen molar-refractivity contribution in [1.82, 2.24) is 0 Å². The Morgan fingerprint density at radius 2 is 1.71 bits per heavy atom. The lowest BCUT2D eigenvalue weighted by Crippen LogP contribution is -2.12. The molecule has 3 aromatic rings. The molecule has 1 atom stereocenters. The number of hydrogen-bond donors (Lipinski definition) is 1. The van der Waals surface area contributed by atoms with Gasteiger partial charge < -0.3 is 5.73 Å². The topological polar surface area (TPSA) is 26.0 Å². The van der Waals surface area contributed by atoms with E-state index < -0.39 is 11.9 Å². The first-order chi connectivity index (χ1) is 10.1. The van der Waals surface area contributed by atoms with E-state index in [1.54, 1.807) is 6.07 Å². The van der Waals surface area contributed by atoms with Crippen molar-refractivity contribution >= 4 is 38.3 Å². The van der Waals surface area contributed by atoms with Gasteiger partial charge in [-0.05, 0) is 40.1 Å². The predicted molar refractivity (Wildman–Crippen MR) is 89.1 cm³/mol. The molecule has 0 radical (unpaired) electrons. The Hall–Kier alpha value is -1.42. The molecule has 0 spiro atoms. The van der Waals surface area contributed by atoms with Gasteiger partial charge in [0, 0.05) is 4.47 Å². The number of halogens is 3. The highest BCUT2D eigenvalue weighted by Gasteiger charge is 2.14. The second-order valence-corrected chi connectivity index (χ2v) is 6.09. The number of benzene rings is 3. The Morgan fingerprint density at radius 3 is 2.43 bits per heavy atom. The molecule has 2 N–H and O–H groups in total. The molecule has 0 amide bonds. The van der Waals surface area contributed by atoms with Crippen LogP contribution in [-0.2, 0) is 0 Å². The summed E-state index contributed by atoms with van der Waals surface area (Å²) in [6.07, 6.45) is 0. The SMILES string of the molecule is NC(c1ccc(Cl)c(F)c1)c1ccc(Br)c2ccccc12. The first-order valence-corrected chi connectivity index (χ1v) is 7.62. The molecule has 0 aliphatic rings. The van der Waals surface area contributed by atoms with Crippen LogP contribution in [0.3, 0.4) is 0 Å². The molecule has 4 heteroatoms. The largest absolute Gasteiger partial charge is 0.320 e. The van der Waals surface area contributed by atoms with Crippen LogP contribution in [0, 0.1) is 5.82 Å². The zero-order valence-electron chi connectivity index (χ0n) is 11.0. The summed E-state index contributed by atoms with van der Waals surface area (Å²) in [5, 5.41) is 2.24. The van der Waals surface area contributed by atoms with Gasteiger partial charge in [-0.2, -0.15) is 0 Å². The Kier molecular flexibility index (Phi) is 3.98. The van der Waals surface area contributed by atoms with Crippen molar-refractivity contribution in [3.8, 4) is 0 Å². The van der Waals surface area contributed by atoms with Crippen LogP contribution in [0.5, 0.6) is 0 Å². The summed E-state index contributed by atoms with van der Waals surface area (Å²) in [4.78, 5) is 0. The van der Waals surface area contributed by atoms with E-state index in [1.165, 1.54) is 12.1 Å². The first kappa shape index (κ1) is 14.5. The molecule has 0 fully saturated rings. The minimum Gasteiger partial charge on any atom is -0.320 e. The standard InChI is InChI=1S/C17H12BrClFN/c18-14-7-6-13(11-3-1-2-4-12(11)14)17(21)10-5-8-15(19)16(20)9-10/h1-9,17H,21H2. The molecule has 21 heavy (non-hydrogen) atoms. The average molecular weight is 365 g/mol. The van der Waals surface area contributed by atoms with Crippen molar-refractivity contribution in [2.75, 3.05) is 0 Å². The fraction of sp³-hybridized carbons (Fsp3) is 0.0588. The van der Waals surface area contributed by atoms with Crippen molar-refractivity contribution < 1.29 is 4.39 Å². The zero-order chi connectivity index (χ0) is 15.0. The van der Waals surface area contributed by atoms with Crippen molar-refractivity contribution in [3.63, 3.8) is 0 Å². The van der Waals surface area contributed by atoms with Gasteiger partial charge in [-0.25, -0.2) is 4.39 Å². The molecule has 0 aliphatic heterocycles. The fourth-order valence-electron chi connectivity index (χ4n) is 2.44. The highest BCUT2D eigenvalue weighted by molar-refractivity contribution is 9.10. The van der Waals surface area contributed by atoms with E-state index in [2.05, 4.69) is 15.9 Å². The maximum atomic E-state index is 13.6. The molecule has 0 saturated carbocycles. The highest BCUT2D eigenvalue weighted by Crippen LogP contribution is 2.32. The monoisotopic (exact) mass is 363 g/mol. The van der Waals surface area contributed by atoms with Gasteiger partial charge in [0.2, 0.25) is 0 Å². The summed E-state index contributed by atoms with van der Waals surface area (Å²) in [5.74, 6) is -0.453. The van der Waals surface area contributed by atoms with E-state index in [0.717, 1.165) is 20.8 Å². The normalized spacial score (nSPS) is 12.6. The molecule has 3 aromatic carbocycles. The molecule has 0 bridgehead atoms. The van der Waals surface area contributed by atoms with Gasteiger partial charge in [-0.15, -0.1) is 0 Å². The summed E-state index contributed by atoms with van der Waals surface area (Å²) in [7, 11) is 0. The predicted octanol–water partition coefficient (Wildman–Crippen LogP) is 5.44. The van der Waals surface area contributed by atoms with Gasteiger partial charge in [-0.3, -0.25) is 0 Å². The summed E-state index contributed by atoms with van der Waals surface area (Å²) < 4.78 is 14.6. The number of hydrogen-bond acceptors (Lipinski definition) is 1. The Morgan fingerprint density at radius 1 is 1.00 bits per heavy atom. The van der Waals surface area contributed by atoms with Crippen LogP contribution in [-0.4, -0.2) is 0 Å². The van der Waals surface area contributed by atoms with Crippen molar-refractivity contribution in [2.24, 2.45) is 5.73 Å². The molecule has 0 saturated heterocycles. The quantitative estimate of drug-likeness (QED) is 0.643. The molecule has 0 aromatic heterocycles. The van der Waals surface area contributed by atoms with Crippen molar-refractivity contribution in [2.45, 2.75) is 6.04 Å². The Labute approximate surface area is 135 Å². The number of nitrogens with two attached hydrogens (primary N) is 1. The van der Waals surface area contributed by atoms with E-state index in [9.17, 15) is 4.39 Å². The Bertz CT molecular complexity index is 819. The lowest BCUT2D eigenvalue weighted by Gasteiger charge is -2.16.